The van der Waals surface area contributed by atoms with Crippen LogP contribution in [-0.2, 0) is 16.1 Å². The lowest BCUT2D eigenvalue weighted by molar-refractivity contribution is -0.144. The van der Waals surface area contributed by atoms with Gasteiger partial charge in [0.15, 0.2) is 0 Å². The van der Waals surface area contributed by atoms with Crippen molar-refractivity contribution >= 4 is 11.5 Å². The number of hydrogen-bond donors (Lipinski definition) is 1. The maximum atomic E-state index is 11.8. The lowest BCUT2D eigenvalue weighted by atomic mass is 9.99. The summed E-state index contributed by atoms with van der Waals surface area (Å²) in [5.41, 5.74) is 2.12. The van der Waals surface area contributed by atoms with E-state index >= 15 is 0 Å². The van der Waals surface area contributed by atoms with Gasteiger partial charge in [-0.1, -0.05) is 26.3 Å². The number of ether oxygens (including phenoxy) is 1. The quantitative estimate of drug-likeness (QED) is 0.819. The Bertz CT molecular complexity index is 579. The van der Waals surface area contributed by atoms with Crippen molar-refractivity contribution in [3.63, 3.8) is 0 Å². The molecule has 2 unspecified atom stereocenters. The number of hydrogen-bond acceptors (Lipinski definition) is 4. The van der Waals surface area contributed by atoms with Crippen LogP contribution in [0.15, 0.2) is 30.6 Å². The highest BCUT2D eigenvalue weighted by Crippen LogP contribution is 2.13. The van der Waals surface area contributed by atoms with Crippen molar-refractivity contribution < 1.29 is 9.53 Å². The fourth-order valence-corrected chi connectivity index (χ4v) is 2.22. The van der Waals surface area contributed by atoms with Crippen LogP contribution in [0.1, 0.15) is 25.8 Å². The number of rotatable bonds is 6. The zero-order valence-corrected chi connectivity index (χ0v) is 12.2. The molecule has 0 radical (unpaired) electrons. The summed E-state index contributed by atoms with van der Waals surface area (Å²) in [5, 5.41) is 7.57. The first kappa shape index (κ1) is 14.5. The molecule has 0 amide bonds. The van der Waals surface area contributed by atoms with Crippen molar-refractivity contribution in [1.82, 2.24) is 14.9 Å². The Hall–Kier alpha value is -1.88. The number of nitrogens with one attached hydrogen (secondary N) is 1. The van der Waals surface area contributed by atoms with E-state index in [1.165, 1.54) is 7.11 Å². The molecule has 2 atom stereocenters. The van der Waals surface area contributed by atoms with Crippen molar-refractivity contribution in [1.29, 1.82) is 0 Å². The fourth-order valence-electron chi connectivity index (χ4n) is 2.22. The van der Waals surface area contributed by atoms with Crippen LogP contribution in [-0.4, -0.2) is 28.7 Å². The smallest absolute Gasteiger partial charge is 0.323 e. The molecule has 0 spiro atoms. The molecule has 2 aromatic heterocycles. The van der Waals surface area contributed by atoms with Crippen molar-refractivity contribution in [2.45, 2.75) is 32.9 Å². The summed E-state index contributed by atoms with van der Waals surface area (Å²) in [7, 11) is 1.43. The van der Waals surface area contributed by atoms with Crippen LogP contribution in [0.25, 0.3) is 5.52 Å². The topological polar surface area (TPSA) is 55.6 Å². The summed E-state index contributed by atoms with van der Waals surface area (Å²) >= 11 is 0. The molecule has 2 heterocycles. The molecule has 1 N–H and O–H groups in total. The van der Waals surface area contributed by atoms with E-state index in [9.17, 15) is 4.79 Å². The number of carbonyl (C=O) groups excluding carboxylic acids is 1. The van der Waals surface area contributed by atoms with E-state index in [4.69, 9.17) is 4.74 Å². The van der Waals surface area contributed by atoms with Crippen molar-refractivity contribution in [2.75, 3.05) is 7.11 Å². The number of aromatic nitrogens is 2. The van der Waals surface area contributed by atoms with Gasteiger partial charge in [-0.2, -0.15) is 5.10 Å². The minimum atomic E-state index is -0.288. The van der Waals surface area contributed by atoms with Gasteiger partial charge in [0, 0.05) is 18.3 Å². The van der Waals surface area contributed by atoms with Crippen LogP contribution < -0.4 is 5.32 Å². The number of fused-ring (bicyclic) bond motifs is 1. The lowest BCUT2D eigenvalue weighted by Gasteiger charge is -2.21. The SMILES string of the molecule is CCC(C)C(NCc1cnn2ccccc12)C(=O)OC. The molecule has 2 aromatic rings. The average molecular weight is 275 g/mol. The second-order valence-corrected chi connectivity index (χ2v) is 4.97. The molecule has 5 heteroatoms. The molecule has 5 nitrogen and oxygen atoms in total. The molecular weight excluding hydrogens is 254 g/mol. The van der Waals surface area contributed by atoms with Gasteiger partial charge >= 0.3 is 5.97 Å². The highest BCUT2D eigenvalue weighted by atomic mass is 16.5. The van der Waals surface area contributed by atoms with Gasteiger partial charge in [0.25, 0.3) is 0 Å². The minimum absolute atomic E-state index is 0.212. The first-order chi connectivity index (χ1) is 9.67. The van der Waals surface area contributed by atoms with Crippen LogP contribution in [0.3, 0.4) is 0 Å². The van der Waals surface area contributed by atoms with E-state index < -0.39 is 0 Å². The predicted octanol–water partition coefficient (Wildman–Crippen LogP) is 2.01. The Balaban J connectivity index is 2.11. The second-order valence-electron chi connectivity index (χ2n) is 4.97. The van der Waals surface area contributed by atoms with E-state index in [0.717, 1.165) is 17.5 Å². The van der Waals surface area contributed by atoms with Crippen molar-refractivity contribution in [2.24, 2.45) is 5.92 Å². The summed E-state index contributed by atoms with van der Waals surface area (Å²) in [4.78, 5) is 11.8. The van der Waals surface area contributed by atoms with Crippen molar-refractivity contribution in [3.8, 4) is 0 Å². The van der Waals surface area contributed by atoms with Gasteiger partial charge in [0.05, 0.1) is 18.8 Å². The predicted molar refractivity (Wildman–Crippen MR) is 77.3 cm³/mol. The highest BCUT2D eigenvalue weighted by molar-refractivity contribution is 5.76. The van der Waals surface area contributed by atoms with Gasteiger partial charge < -0.3 is 4.74 Å². The average Bonchev–Trinajstić information content (AvgIpc) is 2.90. The molecule has 0 bridgehead atoms. The standard InChI is InChI=1S/C15H21N3O2/c1-4-11(2)14(15(19)20-3)16-9-12-10-17-18-8-6-5-7-13(12)18/h5-8,10-11,14,16H,4,9H2,1-3H3. The molecule has 20 heavy (non-hydrogen) atoms. The van der Waals surface area contributed by atoms with E-state index in [0.29, 0.717) is 6.54 Å². The minimum Gasteiger partial charge on any atom is -0.468 e. The Labute approximate surface area is 118 Å². The van der Waals surface area contributed by atoms with Gasteiger partial charge in [-0.15, -0.1) is 0 Å². The van der Waals surface area contributed by atoms with Gasteiger partial charge in [-0.05, 0) is 18.1 Å². The van der Waals surface area contributed by atoms with Crippen LogP contribution in [0.2, 0.25) is 0 Å². The molecule has 0 fully saturated rings. The third-order valence-electron chi connectivity index (χ3n) is 3.69. The lowest BCUT2D eigenvalue weighted by Crippen LogP contribution is -2.42. The first-order valence-electron chi connectivity index (χ1n) is 6.89. The largest absolute Gasteiger partial charge is 0.468 e. The van der Waals surface area contributed by atoms with Gasteiger partial charge in [-0.3, -0.25) is 10.1 Å². The maximum Gasteiger partial charge on any atom is 0.323 e. The molecule has 2 rings (SSSR count). The summed E-state index contributed by atoms with van der Waals surface area (Å²) in [5.74, 6) is 0.0140. The molecule has 108 valence electrons. The molecule has 0 aromatic carbocycles. The van der Waals surface area contributed by atoms with E-state index in [2.05, 4.69) is 17.3 Å². The van der Waals surface area contributed by atoms with Crippen LogP contribution >= 0.6 is 0 Å². The number of esters is 1. The highest BCUT2D eigenvalue weighted by Gasteiger charge is 2.24. The normalized spacial score (nSPS) is 14.2. The van der Waals surface area contributed by atoms with E-state index in [-0.39, 0.29) is 17.9 Å². The van der Waals surface area contributed by atoms with Gasteiger partial charge in [-0.25, -0.2) is 4.52 Å². The zero-order chi connectivity index (χ0) is 14.5. The summed E-state index contributed by atoms with van der Waals surface area (Å²) in [6.07, 6.45) is 4.65. The monoisotopic (exact) mass is 275 g/mol. The first-order valence-corrected chi connectivity index (χ1v) is 6.89. The number of carbonyl (C=O) groups is 1. The fraction of sp³-hybridized carbons (Fsp3) is 0.467. The molecule has 0 saturated carbocycles. The molecule has 0 aliphatic heterocycles. The third-order valence-corrected chi connectivity index (χ3v) is 3.69. The van der Waals surface area contributed by atoms with E-state index in [1.54, 1.807) is 0 Å². The van der Waals surface area contributed by atoms with Crippen LogP contribution in [0.5, 0.6) is 0 Å². The molecule has 0 aliphatic carbocycles. The number of pyridine rings is 1. The second kappa shape index (κ2) is 6.52. The summed E-state index contributed by atoms with van der Waals surface area (Å²) < 4.78 is 6.70. The summed E-state index contributed by atoms with van der Waals surface area (Å²) in [6, 6.07) is 5.64. The Morgan fingerprint density at radius 1 is 1.50 bits per heavy atom. The maximum absolute atomic E-state index is 11.8. The van der Waals surface area contributed by atoms with Crippen LogP contribution in [0, 0.1) is 5.92 Å². The zero-order valence-electron chi connectivity index (χ0n) is 12.2. The molecule has 0 saturated heterocycles. The van der Waals surface area contributed by atoms with Crippen LogP contribution in [0.4, 0.5) is 0 Å². The molecular formula is C15H21N3O2. The van der Waals surface area contributed by atoms with E-state index in [1.807, 2.05) is 42.0 Å². The number of methoxy groups -OCH3 is 1. The third kappa shape index (κ3) is 2.99. The van der Waals surface area contributed by atoms with Crippen molar-refractivity contribution in [3.05, 3.63) is 36.2 Å². The molecule has 0 aliphatic rings. The van der Waals surface area contributed by atoms with Gasteiger partial charge in [0.2, 0.25) is 0 Å². The van der Waals surface area contributed by atoms with Gasteiger partial charge in [0.1, 0.15) is 6.04 Å². The number of nitrogens with zero attached hydrogens (tertiary/aromatic N) is 2. The Morgan fingerprint density at radius 3 is 3.00 bits per heavy atom. The summed E-state index contributed by atoms with van der Waals surface area (Å²) in [6.45, 7) is 4.71. The Morgan fingerprint density at radius 2 is 2.30 bits per heavy atom. The Kier molecular flexibility index (Phi) is 4.74.